The average Bonchev–Trinajstić information content (AvgIpc) is 2.93. The molecule has 0 aromatic heterocycles. The summed E-state index contributed by atoms with van der Waals surface area (Å²) < 4.78 is 18.6. The first kappa shape index (κ1) is 19.2. The Morgan fingerprint density at radius 1 is 1.00 bits per heavy atom. The number of halogens is 1. The minimum atomic E-state index is -0.214. The molecule has 1 fully saturated rings. The lowest BCUT2D eigenvalue weighted by Gasteiger charge is -2.22. The van der Waals surface area contributed by atoms with Crippen molar-refractivity contribution in [1.82, 2.24) is 15.1 Å². The number of nitrogens with zero attached hydrogens (tertiary/aromatic N) is 2. The van der Waals surface area contributed by atoms with Crippen LogP contribution < -0.4 is 10.1 Å². The molecule has 5 nitrogen and oxygen atoms in total. The number of hydrogen-bond donors (Lipinski definition) is 1. The summed E-state index contributed by atoms with van der Waals surface area (Å²) in [4.78, 5) is 16.5. The van der Waals surface area contributed by atoms with Crippen LogP contribution in [0, 0.1) is 5.82 Å². The van der Waals surface area contributed by atoms with Gasteiger partial charge in [-0.05, 0) is 36.2 Å². The van der Waals surface area contributed by atoms with Crippen LogP contribution in [0.5, 0.6) is 5.75 Å². The van der Waals surface area contributed by atoms with Crippen LogP contribution in [0.15, 0.2) is 54.6 Å². The summed E-state index contributed by atoms with van der Waals surface area (Å²) in [6, 6.07) is 16.1. The number of urea groups is 1. The summed E-state index contributed by atoms with van der Waals surface area (Å²) in [5.74, 6) is 0.590. The minimum absolute atomic E-state index is 0.0460. The molecule has 1 heterocycles. The maximum absolute atomic E-state index is 13.0. The first-order chi connectivity index (χ1) is 13.2. The number of para-hydroxylation sites is 1. The molecule has 0 unspecified atom stereocenters. The number of nitrogens with one attached hydrogen (secondary N) is 1. The lowest BCUT2D eigenvalue weighted by atomic mass is 10.2. The van der Waals surface area contributed by atoms with Crippen molar-refractivity contribution in [1.29, 1.82) is 0 Å². The summed E-state index contributed by atoms with van der Waals surface area (Å²) in [5, 5.41) is 2.92. The van der Waals surface area contributed by atoms with Gasteiger partial charge in [-0.1, -0.05) is 30.3 Å². The van der Waals surface area contributed by atoms with E-state index in [4.69, 9.17) is 4.74 Å². The van der Waals surface area contributed by atoms with E-state index in [-0.39, 0.29) is 11.8 Å². The first-order valence-electron chi connectivity index (χ1n) is 9.38. The standard InChI is InChI=1S/C21H26FN3O2/c22-19-9-7-18(8-10-19)17-24-12-4-13-25(15-14-24)21(26)23-11-16-27-20-5-2-1-3-6-20/h1-3,5-10H,4,11-17H2,(H,23,26). The van der Waals surface area contributed by atoms with Gasteiger partial charge < -0.3 is 15.0 Å². The highest BCUT2D eigenvalue weighted by atomic mass is 19.1. The molecule has 1 aliphatic rings. The van der Waals surface area contributed by atoms with Gasteiger partial charge in [0.25, 0.3) is 0 Å². The third kappa shape index (κ3) is 6.25. The Balaban J connectivity index is 1.38. The smallest absolute Gasteiger partial charge is 0.317 e. The van der Waals surface area contributed by atoms with Gasteiger partial charge >= 0.3 is 6.03 Å². The molecule has 1 aliphatic heterocycles. The van der Waals surface area contributed by atoms with E-state index >= 15 is 0 Å². The highest BCUT2D eigenvalue weighted by molar-refractivity contribution is 5.74. The van der Waals surface area contributed by atoms with Crippen molar-refractivity contribution in [3.63, 3.8) is 0 Å². The van der Waals surface area contributed by atoms with Crippen LogP contribution in [-0.2, 0) is 6.54 Å². The van der Waals surface area contributed by atoms with E-state index in [1.807, 2.05) is 47.4 Å². The Labute approximate surface area is 159 Å². The second-order valence-corrected chi connectivity index (χ2v) is 6.64. The van der Waals surface area contributed by atoms with Gasteiger partial charge in [0.05, 0.1) is 6.54 Å². The van der Waals surface area contributed by atoms with Crippen molar-refractivity contribution in [3.05, 3.63) is 66.0 Å². The normalized spacial score (nSPS) is 15.2. The molecule has 0 atom stereocenters. The van der Waals surface area contributed by atoms with Crippen LogP contribution >= 0.6 is 0 Å². The second kappa shape index (κ2) is 9.92. The zero-order valence-electron chi connectivity index (χ0n) is 15.4. The van der Waals surface area contributed by atoms with Crippen LogP contribution in [0.3, 0.4) is 0 Å². The van der Waals surface area contributed by atoms with E-state index in [9.17, 15) is 9.18 Å². The predicted molar refractivity (Wildman–Crippen MR) is 103 cm³/mol. The van der Waals surface area contributed by atoms with Gasteiger partial charge in [-0.15, -0.1) is 0 Å². The molecule has 27 heavy (non-hydrogen) atoms. The Bertz CT molecular complexity index is 709. The van der Waals surface area contributed by atoms with Crippen molar-refractivity contribution in [2.75, 3.05) is 39.3 Å². The first-order valence-corrected chi connectivity index (χ1v) is 9.38. The summed E-state index contributed by atoms with van der Waals surface area (Å²) in [7, 11) is 0. The summed E-state index contributed by atoms with van der Waals surface area (Å²) in [6.45, 7) is 4.87. The second-order valence-electron chi connectivity index (χ2n) is 6.64. The highest BCUT2D eigenvalue weighted by Crippen LogP contribution is 2.10. The van der Waals surface area contributed by atoms with Crippen molar-refractivity contribution >= 4 is 6.03 Å². The molecule has 144 valence electrons. The quantitative estimate of drug-likeness (QED) is 0.794. The van der Waals surface area contributed by atoms with Crippen molar-refractivity contribution in [2.24, 2.45) is 0 Å². The summed E-state index contributed by atoms with van der Waals surface area (Å²) >= 11 is 0. The fourth-order valence-electron chi connectivity index (χ4n) is 3.14. The topological polar surface area (TPSA) is 44.8 Å². The molecule has 2 aromatic carbocycles. The number of rotatable bonds is 6. The third-order valence-corrected chi connectivity index (χ3v) is 4.59. The SMILES string of the molecule is O=C(NCCOc1ccccc1)N1CCCN(Cc2ccc(F)cc2)CC1. The van der Waals surface area contributed by atoms with E-state index in [2.05, 4.69) is 10.2 Å². The van der Waals surface area contributed by atoms with Gasteiger partial charge in [0.1, 0.15) is 18.2 Å². The van der Waals surface area contributed by atoms with E-state index in [0.29, 0.717) is 19.7 Å². The van der Waals surface area contributed by atoms with Gasteiger partial charge in [-0.2, -0.15) is 0 Å². The monoisotopic (exact) mass is 371 g/mol. The van der Waals surface area contributed by atoms with Crippen LogP contribution in [0.1, 0.15) is 12.0 Å². The Morgan fingerprint density at radius 3 is 2.56 bits per heavy atom. The van der Waals surface area contributed by atoms with Gasteiger partial charge in [-0.3, -0.25) is 4.90 Å². The Hall–Kier alpha value is -2.60. The van der Waals surface area contributed by atoms with E-state index in [0.717, 1.165) is 43.9 Å². The largest absolute Gasteiger partial charge is 0.492 e. The molecule has 0 bridgehead atoms. The van der Waals surface area contributed by atoms with Crippen LogP contribution in [0.2, 0.25) is 0 Å². The predicted octanol–water partition coefficient (Wildman–Crippen LogP) is 3.12. The number of carbonyl (C=O) groups is 1. The van der Waals surface area contributed by atoms with Gasteiger partial charge in [-0.25, -0.2) is 9.18 Å². The van der Waals surface area contributed by atoms with E-state index < -0.39 is 0 Å². The molecule has 0 aliphatic carbocycles. The zero-order valence-corrected chi connectivity index (χ0v) is 15.4. The van der Waals surface area contributed by atoms with Crippen molar-refractivity contribution in [2.45, 2.75) is 13.0 Å². The Kier molecular flexibility index (Phi) is 7.04. The van der Waals surface area contributed by atoms with Gasteiger partial charge in [0.15, 0.2) is 0 Å². The molecule has 0 radical (unpaired) electrons. The molecule has 3 rings (SSSR count). The van der Waals surface area contributed by atoms with Crippen molar-refractivity contribution in [3.8, 4) is 5.75 Å². The van der Waals surface area contributed by atoms with Crippen LogP contribution in [0.25, 0.3) is 0 Å². The number of hydrogen-bond acceptors (Lipinski definition) is 3. The summed E-state index contributed by atoms with van der Waals surface area (Å²) in [6.07, 6.45) is 0.926. The number of benzene rings is 2. The average molecular weight is 371 g/mol. The minimum Gasteiger partial charge on any atom is -0.492 e. The molecule has 6 heteroatoms. The fraction of sp³-hybridized carbons (Fsp3) is 0.381. The number of carbonyl (C=O) groups excluding carboxylic acids is 1. The molecule has 0 spiro atoms. The maximum Gasteiger partial charge on any atom is 0.317 e. The third-order valence-electron chi connectivity index (χ3n) is 4.59. The zero-order chi connectivity index (χ0) is 18.9. The maximum atomic E-state index is 13.0. The molecule has 1 N–H and O–H groups in total. The molecule has 2 aromatic rings. The number of ether oxygens (including phenoxy) is 1. The van der Waals surface area contributed by atoms with Gasteiger partial charge in [0.2, 0.25) is 0 Å². The van der Waals surface area contributed by atoms with Crippen molar-refractivity contribution < 1.29 is 13.9 Å². The molecule has 0 saturated carbocycles. The lowest BCUT2D eigenvalue weighted by Crippen LogP contribution is -2.43. The fourth-order valence-corrected chi connectivity index (χ4v) is 3.14. The van der Waals surface area contributed by atoms with E-state index in [1.165, 1.54) is 12.1 Å². The van der Waals surface area contributed by atoms with Crippen LogP contribution in [0.4, 0.5) is 9.18 Å². The molecule has 2 amide bonds. The molecule has 1 saturated heterocycles. The lowest BCUT2D eigenvalue weighted by molar-refractivity contribution is 0.194. The van der Waals surface area contributed by atoms with E-state index in [1.54, 1.807) is 0 Å². The van der Waals surface area contributed by atoms with Crippen LogP contribution in [-0.4, -0.2) is 55.2 Å². The number of amides is 2. The molecular formula is C21H26FN3O2. The van der Waals surface area contributed by atoms with Gasteiger partial charge in [0, 0.05) is 32.7 Å². The highest BCUT2D eigenvalue weighted by Gasteiger charge is 2.18. The molecular weight excluding hydrogens is 345 g/mol. The summed E-state index contributed by atoms with van der Waals surface area (Å²) in [5.41, 5.74) is 1.09. The Morgan fingerprint density at radius 2 is 1.78 bits per heavy atom.